The Labute approximate surface area is 147 Å². The van der Waals surface area contributed by atoms with Crippen LogP contribution in [0.15, 0.2) is 0 Å². The lowest BCUT2D eigenvalue weighted by Gasteiger charge is -2.35. The minimum Gasteiger partial charge on any atom is -0.388 e. The van der Waals surface area contributed by atoms with E-state index in [1.807, 2.05) is 16.5 Å². The van der Waals surface area contributed by atoms with Crippen molar-refractivity contribution in [3.8, 4) is 0 Å². The van der Waals surface area contributed by atoms with Gasteiger partial charge in [-0.2, -0.15) is 0 Å². The highest BCUT2D eigenvalue weighted by molar-refractivity contribution is 5.79. The lowest BCUT2D eigenvalue weighted by Crippen LogP contribution is -2.45. The van der Waals surface area contributed by atoms with Gasteiger partial charge in [0.2, 0.25) is 11.8 Å². The van der Waals surface area contributed by atoms with Crippen LogP contribution in [0.1, 0.15) is 62.5 Å². The van der Waals surface area contributed by atoms with Crippen molar-refractivity contribution in [1.82, 2.24) is 25.0 Å². The summed E-state index contributed by atoms with van der Waals surface area (Å²) in [7, 11) is 1.85. The molecule has 2 heterocycles. The number of carbonyl (C=O) groups excluding carboxylic acids is 2. The quantitative estimate of drug-likeness (QED) is 0.777. The molecule has 1 aliphatic heterocycles. The molecule has 1 aliphatic carbocycles. The van der Waals surface area contributed by atoms with E-state index in [-0.39, 0.29) is 30.4 Å². The maximum atomic E-state index is 12.1. The van der Waals surface area contributed by atoms with E-state index in [1.165, 1.54) is 0 Å². The number of aromatic nitrogens is 3. The number of aliphatic hydroxyl groups is 1. The van der Waals surface area contributed by atoms with Gasteiger partial charge in [-0.1, -0.05) is 6.42 Å². The topological polar surface area (TPSA) is 100 Å². The van der Waals surface area contributed by atoms with Crippen molar-refractivity contribution in [2.75, 3.05) is 13.1 Å². The third-order valence-electron chi connectivity index (χ3n) is 5.29. The molecule has 0 aromatic carbocycles. The number of carbonyl (C=O) groups is 2. The Morgan fingerprint density at radius 2 is 2.08 bits per heavy atom. The SMILES string of the molecule is Cn1c(CO)nnc1C1CC(NC(=O)CCN2CCCCCC2=O)C1. The minimum atomic E-state index is -0.119. The minimum absolute atomic E-state index is 0.00881. The zero-order chi connectivity index (χ0) is 17.8. The summed E-state index contributed by atoms with van der Waals surface area (Å²) in [5.74, 6) is 1.88. The highest BCUT2D eigenvalue weighted by Crippen LogP contribution is 2.35. The Balaban J connectivity index is 1.40. The van der Waals surface area contributed by atoms with Gasteiger partial charge in [-0.15, -0.1) is 10.2 Å². The smallest absolute Gasteiger partial charge is 0.222 e. The van der Waals surface area contributed by atoms with E-state index in [1.54, 1.807) is 0 Å². The highest BCUT2D eigenvalue weighted by atomic mass is 16.3. The number of aliphatic hydroxyl groups excluding tert-OH is 1. The number of hydrogen-bond acceptors (Lipinski definition) is 5. The Bertz CT molecular complexity index is 624. The summed E-state index contributed by atoms with van der Waals surface area (Å²) in [5, 5.41) is 20.3. The van der Waals surface area contributed by atoms with Crippen molar-refractivity contribution < 1.29 is 14.7 Å². The molecule has 0 unspecified atom stereocenters. The second-order valence-electron chi connectivity index (χ2n) is 7.07. The van der Waals surface area contributed by atoms with Crippen molar-refractivity contribution in [1.29, 1.82) is 0 Å². The fourth-order valence-corrected chi connectivity index (χ4v) is 3.63. The van der Waals surface area contributed by atoms with E-state index < -0.39 is 0 Å². The predicted molar refractivity (Wildman–Crippen MR) is 90.5 cm³/mol. The van der Waals surface area contributed by atoms with Gasteiger partial charge >= 0.3 is 0 Å². The van der Waals surface area contributed by atoms with Crippen molar-refractivity contribution >= 4 is 11.8 Å². The molecule has 2 fully saturated rings. The van der Waals surface area contributed by atoms with Gasteiger partial charge < -0.3 is 19.9 Å². The molecule has 2 amide bonds. The molecule has 25 heavy (non-hydrogen) atoms. The second-order valence-corrected chi connectivity index (χ2v) is 7.07. The number of hydrogen-bond donors (Lipinski definition) is 2. The fourth-order valence-electron chi connectivity index (χ4n) is 3.63. The Morgan fingerprint density at radius 3 is 2.80 bits per heavy atom. The van der Waals surface area contributed by atoms with Gasteiger partial charge in [-0.25, -0.2) is 0 Å². The second kappa shape index (κ2) is 7.95. The van der Waals surface area contributed by atoms with Gasteiger partial charge in [0.1, 0.15) is 12.4 Å². The van der Waals surface area contributed by atoms with Crippen LogP contribution in [0.5, 0.6) is 0 Å². The van der Waals surface area contributed by atoms with E-state index in [9.17, 15) is 9.59 Å². The van der Waals surface area contributed by atoms with E-state index in [2.05, 4.69) is 15.5 Å². The number of likely N-dealkylation sites (tertiary alicyclic amines) is 1. The number of nitrogens with zero attached hydrogens (tertiary/aromatic N) is 4. The van der Waals surface area contributed by atoms with E-state index in [0.29, 0.717) is 25.2 Å². The summed E-state index contributed by atoms with van der Waals surface area (Å²) in [4.78, 5) is 25.9. The first-order chi connectivity index (χ1) is 12.1. The van der Waals surface area contributed by atoms with Gasteiger partial charge in [-0.05, 0) is 25.7 Å². The lowest BCUT2D eigenvalue weighted by atomic mass is 9.79. The molecule has 1 aromatic rings. The Morgan fingerprint density at radius 1 is 1.28 bits per heavy atom. The summed E-state index contributed by atoms with van der Waals surface area (Å²) in [6, 6.07) is 0.159. The van der Waals surface area contributed by atoms with Crippen LogP contribution in [0.2, 0.25) is 0 Å². The van der Waals surface area contributed by atoms with Crippen LogP contribution < -0.4 is 5.32 Å². The largest absolute Gasteiger partial charge is 0.388 e. The molecule has 0 spiro atoms. The molecule has 0 radical (unpaired) electrons. The van der Waals surface area contributed by atoms with Crippen molar-refractivity contribution in [2.45, 2.75) is 63.5 Å². The summed E-state index contributed by atoms with van der Waals surface area (Å²) in [6.45, 7) is 1.17. The van der Waals surface area contributed by atoms with Crippen LogP contribution in [0.3, 0.4) is 0 Å². The predicted octanol–water partition coefficient (Wildman–Crippen LogP) is 0.462. The number of amides is 2. The average Bonchev–Trinajstić information content (AvgIpc) is 2.79. The zero-order valence-electron chi connectivity index (χ0n) is 14.8. The summed E-state index contributed by atoms with van der Waals surface area (Å²) in [5.41, 5.74) is 0. The van der Waals surface area contributed by atoms with Crippen molar-refractivity contribution in [3.05, 3.63) is 11.6 Å². The first-order valence-corrected chi connectivity index (χ1v) is 9.14. The number of nitrogens with one attached hydrogen (secondary N) is 1. The van der Waals surface area contributed by atoms with Crippen LogP contribution in [-0.2, 0) is 23.2 Å². The van der Waals surface area contributed by atoms with Gasteiger partial charge in [-0.3, -0.25) is 9.59 Å². The maximum absolute atomic E-state index is 12.1. The van der Waals surface area contributed by atoms with Crippen LogP contribution in [0.25, 0.3) is 0 Å². The molecule has 138 valence electrons. The van der Waals surface area contributed by atoms with Crippen LogP contribution in [0, 0.1) is 0 Å². The molecule has 1 aromatic heterocycles. The van der Waals surface area contributed by atoms with Gasteiger partial charge in [0.15, 0.2) is 5.82 Å². The van der Waals surface area contributed by atoms with Crippen LogP contribution in [0.4, 0.5) is 0 Å². The normalized spacial score (nSPS) is 23.9. The zero-order valence-corrected chi connectivity index (χ0v) is 14.8. The summed E-state index contributed by atoms with van der Waals surface area (Å²) >= 11 is 0. The third-order valence-corrected chi connectivity index (χ3v) is 5.29. The van der Waals surface area contributed by atoms with Crippen molar-refractivity contribution in [2.24, 2.45) is 7.05 Å². The molecule has 3 rings (SSSR count). The van der Waals surface area contributed by atoms with Gasteiger partial charge in [0.25, 0.3) is 0 Å². The molecule has 1 saturated heterocycles. The van der Waals surface area contributed by atoms with Gasteiger partial charge in [0, 0.05) is 44.9 Å². The van der Waals surface area contributed by atoms with Crippen LogP contribution >= 0.6 is 0 Å². The van der Waals surface area contributed by atoms with E-state index >= 15 is 0 Å². The lowest BCUT2D eigenvalue weighted by molar-refractivity contribution is -0.131. The molecular weight excluding hydrogens is 322 g/mol. The Kier molecular flexibility index (Phi) is 5.67. The fraction of sp³-hybridized carbons (Fsp3) is 0.765. The summed E-state index contributed by atoms with van der Waals surface area (Å²) < 4.78 is 1.83. The molecule has 0 atom stereocenters. The van der Waals surface area contributed by atoms with Crippen LogP contribution in [-0.4, -0.2) is 55.7 Å². The van der Waals surface area contributed by atoms with E-state index in [4.69, 9.17) is 5.11 Å². The molecule has 0 bridgehead atoms. The van der Waals surface area contributed by atoms with Gasteiger partial charge in [0.05, 0.1) is 0 Å². The molecule has 1 saturated carbocycles. The standard InChI is InChI=1S/C17H27N5O3/c1-21-14(11-23)19-20-17(21)12-9-13(10-12)18-15(24)6-8-22-7-4-2-3-5-16(22)25/h12-13,23H,2-11H2,1H3,(H,18,24). The summed E-state index contributed by atoms with van der Waals surface area (Å²) in [6.07, 6.45) is 5.75. The molecule has 2 aliphatic rings. The molecule has 2 N–H and O–H groups in total. The first-order valence-electron chi connectivity index (χ1n) is 9.14. The third kappa shape index (κ3) is 4.18. The number of rotatable bonds is 6. The average molecular weight is 349 g/mol. The highest BCUT2D eigenvalue weighted by Gasteiger charge is 2.34. The molecule has 8 heteroatoms. The van der Waals surface area contributed by atoms with E-state index in [0.717, 1.165) is 44.5 Å². The Hall–Kier alpha value is -1.96. The maximum Gasteiger partial charge on any atom is 0.222 e. The first kappa shape index (κ1) is 17.8. The molecular formula is C17H27N5O3. The molecule has 8 nitrogen and oxygen atoms in total. The monoisotopic (exact) mass is 349 g/mol. The van der Waals surface area contributed by atoms with Crippen molar-refractivity contribution in [3.63, 3.8) is 0 Å².